The number of benzene rings is 3. The summed E-state index contributed by atoms with van der Waals surface area (Å²) >= 11 is 0. The molecule has 3 aromatic carbocycles. The zero-order chi connectivity index (χ0) is 22.7. The van der Waals surface area contributed by atoms with Gasteiger partial charge in [-0.1, -0.05) is 67.6 Å². The first-order valence-electron chi connectivity index (χ1n) is 10.6. The predicted octanol–water partition coefficient (Wildman–Crippen LogP) is 4.29. The molecule has 4 rings (SSSR count). The van der Waals surface area contributed by atoms with Crippen LogP contribution in [0.3, 0.4) is 0 Å². The molecule has 0 saturated carbocycles. The quantitative estimate of drug-likeness (QED) is 0.608. The molecule has 1 N–H and O–H groups in total. The third kappa shape index (κ3) is 4.48. The fraction of sp³-hybridized carbons (Fsp3) is 0.240. The van der Waals surface area contributed by atoms with E-state index in [2.05, 4.69) is 5.32 Å². The number of para-hydroxylation sites is 3. The van der Waals surface area contributed by atoms with E-state index in [1.165, 1.54) is 4.31 Å². The van der Waals surface area contributed by atoms with Crippen LogP contribution >= 0.6 is 0 Å². The molecule has 0 aliphatic carbocycles. The molecule has 6 nitrogen and oxygen atoms in total. The molecular weight excluding hydrogens is 424 g/mol. The van der Waals surface area contributed by atoms with Crippen LogP contribution < -0.4 is 14.4 Å². The van der Waals surface area contributed by atoms with Gasteiger partial charge < -0.3 is 10.1 Å². The number of rotatable bonds is 6. The van der Waals surface area contributed by atoms with Crippen LogP contribution in [0.1, 0.15) is 23.6 Å². The van der Waals surface area contributed by atoms with Gasteiger partial charge >= 0.3 is 0 Å². The van der Waals surface area contributed by atoms with Crippen molar-refractivity contribution in [3.63, 3.8) is 0 Å². The smallest absolute Gasteiger partial charge is 0.267 e. The number of hydrogen-bond donors (Lipinski definition) is 1. The fourth-order valence-corrected chi connectivity index (χ4v) is 5.45. The van der Waals surface area contributed by atoms with Gasteiger partial charge in [-0.05, 0) is 42.2 Å². The Morgan fingerprint density at radius 3 is 2.50 bits per heavy atom. The average Bonchev–Trinajstić information content (AvgIpc) is 2.80. The van der Waals surface area contributed by atoms with Crippen LogP contribution in [0.15, 0.2) is 72.8 Å². The first-order valence-corrected chi connectivity index (χ1v) is 12.2. The standard InChI is InChI=1S/C25H26N2O4S/c1-3-20-13-9-10-18(2)24(20)26-25(28)23-16-27(21-14-7-8-15-22(21)31-23)32(29,30)17-19-11-5-4-6-12-19/h4-15,23H,3,16-17H2,1-2H3,(H,26,28)/t23-/m0/s1. The SMILES string of the molecule is CCc1cccc(C)c1NC(=O)[C@@H]1CN(S(=O)(=O)Cc2ccccc2)c2ccccc2O1. The van der Waals surface area contributed by atoms with Crippen LogP contribution in [0.2, 0.25) is 0 Å². The van der Waals surface area contributed by atoms with Crippen LogP contribution in [0.4, 0.5) is 11.4 Å². The number of carbonyl (C=O) groups is 1. The molecular formula is C25H26N2O4S. The van der Waals surface area contributed by atoms with Gasteiger partial charge in [0.05, 0.1) is 18.0 Å². The minimum atomic E-state index is -3.74. The number of carbonyl (C=O) groups excluding carboxylic acids is 1. The summed E-state index contributed by atoms with van der Waals surface area (Å²) in [5.41, 5.74) is 3.84. The first-order chi connectivity index (χ1) is 15.4. The summed E-state index contributed by atoms with van der Waals surface area (Å²) in [6.07, 6.45) is -0.205. The first kappa shape index (κ1) is 21.9. The maximum Gasteiger partial charge on any atom is 0.267 e. The normalized spacial score (nSPS) is 15.6. The minimum Gasteiger partial charge on any atom is -0.476 e. The molecule has 32 heavy (non-hydrogen) atoms. The van der Waals surface area contributed by atoms with Crippen LogP contribution in [0.5, 0.6) is 5.75 Å². The maximum atomic E-state index is 13.3. The lowest BCUT2D eigenvalue weighted by Gasteiger charge is -2.35. The van der Waals surface area contributed by atoms with Gasteiger partial charge in [-0.25, -0.2) is 8.42 Å². The van der Waals surface area contributed by atoms with Gasteiger partial charge in [0.1, 0.15) is 5.75 Å². The van der Waals surface area contributed by atoms with E-state index >= 15 is 0 Å². The molecule has 0 spiro atoms. The zero-order valence-corrected chi connectivity index (χ0v) is 18.9. The Kier molecular flexibility index (Phi) is 6.19. The molecule has 1 aliphatic heterocycles. The second-order valence-electron chi connectivity index (χ2n) is 7.80. The second kappa shape index (κ2) is 9.04. The lowest BCUT2D eigenvalue weighted by atomic mass is 10.1. The molecule has 0 aromatic heterocycles. The van der Waals surface area contributed by atoms with Gasteiger partial charge in [-0.15, -0.1) is 0 Å². The maximum absolute atomic E-state index is 13.3. The summed E-state index contributed by atoms with van der Waals surface area (Å²) in [6.45, 7) is 3.86. The number of ether oxygens (including phenoxy) is 1. The van der Waals surface area contributed by atoms with Gasteiger partial charge in [0.25, 0.3) is 5.91 Å². The number of nitrogens with one attached hydrogen (secondary N) is 1. The van der Waals surface area contributed by atoms with E-state index < -0.39 is 16.1 Å². The zero-order valence-electron chi connectivity index (χ0n) is 18.1. The summed E-state index contributed by atoms with van der Waals surface area (Å²) in [5, 5.41) is 2.97. The van der Waals surface area contributed by atoms with Crippen molar-refractivity contribution in [1.82, 2.24) is 0 Å². The lowest BCUT2D eigenvalue weighted by molar-refractivity contribution is -0.122. The highest BCUT2D eigenvalue weighted by Crippen LogP contribution is 2.36. The molecule has 1 aliphatic rings. The van der Waals surface area contributed by atoms with E-state index in [1.54, 1.807) is 36.4 Å². The topological polar surface area (TPSA) is 75.7 Å². The monoisotopic (exact) mass is 450 g/mol. The van der Waals surface area contributed by atoms with E-state index in [4.69, 9.17) is 4.74 Å². The Morgan fingerprint density at radius 1 is 1.03 bits per heavy atom. The summed E-state index contributed by atoms with van der Waals surface area (Å²) in [6, 6.07) is 21.8. The van der Waals surface area contributed by atoms with E-state index in [9.17, 15) is 13.2 Å². The largest absolute Gasteiger partial charge is 0.476 e. The summed E-state index contributed by atoms with van der Waals surface area (Å²) in [5.74, 6) is -0.159. The van der Waals surface area contributed by atoms with Crippen molar-refractivity contribution in [3.05, 3.63) is 89.5 Å². The number of aryl methyl sites for hydroxylation is 2. The van der Waals surface area contributed by atoms with Crippen molar-refractivity contribution in [2.75, 3.05) is 16.2 Å². The highest BCUT2D eigenvalue weighted by Gasteiger charge is 2.37. The predicted molar refractivity (Wildman–Crippen MR) is 126 cm³/mol. The third-order valence-electron chi connectivity index (χ3n) is 5.54. The number of anilines is 2. The van der Waals surface area contributed by atoms with Crippen LogP contribution in [-0.2, 0) is 27.0 Å². The van der Waals surface area contributed by atoms with Crippen molar-refractivity contribution in [2.24, 2.45) is 0 Å². The summed E-state index contributed by atoms with van der Waals surface area (Å²) in [4.78, 5) is 13.2. The van der Waals surface area contributed by atoms with E-state index in [0.29, 0.717) is 17.0 Å². The molecule has 1 heterocycles. The van der Waals surface area contributed by atoms with Crippen molar-refractivity contribution in [1.29, 1.82) is 0 Å². The molecule has 3 aromatic rings. The Morgan fingerprint density at radius 2 is 1.75 bits per heavy atom. The van der Waals surface area contributed by atoms with Crippen LogP contribution in [-0.4, -0.2) is 27.0 Å². The number of nitrogens with zero attached hydrogens (tertiary/aromatic N) is 1. The Bertz CT molecular complexity index is 1230. The Labute approximate surface area is 188 Å². The highest BCUT2D eigenvalue weighted by atomic mass is 32.2. The Balaban J connectivity index is 1.63. The van der Waals surface area contributed by atoms with Gasteiger partial charge in [0.2, 0.25) is 10.0 Å². The summed E-state index contributed by atoms with van der Waals surface area (Å²) < 4.78 is 33.9. The molecule has 1 atom stereocenters. The third-order valence-corrected chi connectivity index (χ3v) is 7.26. The fourth-order valence-electron chi connectivity index (χ4n) is 3.87. The van der Waals surface area contributed by atoms with Crippen molar-refractivity contribution in [2.45, 2.75) is 32.1 Å². The molecule has 0 bridgehead atoms. The van der Waals surface area contributed by atoms with Gasteiger partial charge in [0, 0.05) is 5.69 Å². The molecule has 166 valence electrons. The number of hydrogen-bond acceptors (Lipinski definition) is 4. The van der Waals surface area contributed by atoms with E-state index in [-0.39, 0.29) is 18.2 Å². The lowest BCUT2D eigenvalue weighted by Crippen LogP contribution is -2.49. The second-order valence-corrected chi connectivity index (χ2v) is 9.69. The van der Waals surface area contributed by atoms with Gasteiger partial charge in [-0.2, -0.15) is 0 Å². The van der Waals surface area contributed by atoms with Crippen LogP contribution in [0, 0.1) is 6.92 Å². The molecule has 0 saturated heterocycles. The Hall–Kier alpha value is -3.32. The van der Waals surface area contributed by atoms with Gasteiger partial charge in [0.15, 0.2) is 6.10 Å². The van der Waals surface area contributed by atoms with Crippen molar-refractivity contribution >= 4 is 27.3 Å². The van der Waals surface area contributed by atoms with Crippen molar-refractivity contribution < 1.29 is 17.9 Å². The molecule has 0 fully saturated rings. The molecule has 0 radical (unpaired) electrons. The van der Waals surface area contributed by atoms with Crippen molar-refractivity contribution in [3.8, 4) is 5.75 Å². The number of sulfonamides is 1. The molecule has 1 amide bonds. The number of amides is 1. The molecule has 0 unspecified atom stereocenters. The number of fused-ring (bicyclic) bond motifs is 1. The molecule has 7 heteroatoms. The average molecular weight is 451 g/mol. The summed E-state index contributed by atoms with van der Waals surface area (Å²) in [7, 11) is -3.74. The van der Waals surface area contributed by atoms with Crippen LogP contribution in [0.25, 0.3) is 0 Å². The van der Waals surface area contributed by atoms with E-state index in [0.717, 1.165) is 23.2 Å². The minimum absolute atomic E-state index is 0.0919. The van der Waals surface area contributed by atoms with E-state index in [1.807, 2.05) is 50.2 Å². The highest BCUT2D eigenvalue weighted by molar-refractivity contribution is 7.92. The van der Waals surface area contributed by atoms with Gasteiger partial charge in [-0.3, -0.25) is 9.10 Å².